The molecule has 1 atom stereocenters. The van der Waals surface area contributed by atoms with Crippen LogP contribution < -0.4 is 14.8 Å². The lowest BCUT2D eigenvalue weighted by Gasteiger charge is -2.36. The molecule has 0 bridgehead atoms. The van der Waals surface area contributed by atoms with Crippen LogP contribution in [0, 0.1) is 0 Å². The van der Waals surface area contributed by atoms with Crippen molar-refractivity contribution < 1.29 is 14.3 Å². The summed E-state index contributed by atoms with van der Waals surface area (Å²) in [6.45, 7) is 4.75. The second-order valence-corrected chi connectivity index (χ2v) is 6.77. The summed E-state index contributed by atoms with van der Waals surface area (Å²) in [5.74, 6) is 1.62. The molecule has 1 N–H and O–H groups in total. The summed E-state index contributed by atoms with van der Waals surface area (Å²) in [6.07, 6.45) is 1.40. The fourth-order valence-electron chi connectivity index (χ4n) is 3.60. The number of benzene rings is 2. The van der Waals surface area contributed by atoms with Crippen LogP contribution in [0.3, 0.4) is 0 Å². The second-order valence-electron chi connectivity index (χ2n) is 6.77. The summed E-state index contributed by atoms with van der Waals surface area (Å²) < 4.78 is 10.8. The first kappa shape index (κ1) is 16.9. The number of amides is 1. The molecule has 0 aliphatic carbocycles. The van der Waals surface area contributed by atoms with Gasteiger partial charge in [-0.15, -0.1) is 0 Å². The standard InChI is InChI=1S/C21H24N2O3/c1-2-15-3-6-17(7-4-15)18-13-22-9-10-23(18)21(24)12-16-5-8-19-20(11-16)26-14-25-19/h3-8,11,18,22H,2,9-10,12-14H2,1H3. The van der Waals surface area contributed by atoms with Crippen LogP contribution in [-0.2, 0) is 17.6 Å². The summed E-state index contributed by atoms with van der Waals surface area (Å²) in [6, 6.07) is 14.4. The Morgan fingerprint density at radius 2 is 1.88 bits per heavy atom. The fourth-order valence-corrected chi connectivity index (χ4v) is 3.60. The Morgan fingerprint density at radius 3 is 2.69 bits per heavy atom. The summed E-state index contributed by atoms with van der Waals surface area (Å²) in [5.41, 5.74) is 3.46. The SMILES string of the molecule is CCc1ccc(C2CNCCN2C(=O)Cc2ccc3c(c2)OCO3)cc1. The molecule has 2 aliphatic heterocycles. The van der Waals surface area contributed by atoms with Crippen molar-refractivity contribution in [1.29, 1.82) is 0 Å². The third-order valence-electron chi connectivity index (χ3n) is 5.13. The zero-order valence-corrected chi connectivity index (χ0v) is 15.0. The lowest BCUT2D eigenvalue weighted by molar-refractivity contribution is -0.133. The molecule has 0 spiro atoms. The number of hydrogen-bond acceptors (Lipinski definition) is 4. The van der Waals surface area contributed by atoms with Gasteiger partial charge in [-0.2, -0.15) is 0 Å². The molecule has 2 heterocycles. The molecule has 26 heavy (non-hydrogen) atoms. The van der Waals surface area contributed by atoms with Gasteiger partial charge in [-0.25, -0.2) is 0 Å². The Kier molecular flexibility index (Phi) is 4.80. The summed E-state index contributed by atoms with van der Waals surface area (Å²) in [5, 5.41) is 3.41. The highest BCUT2D eigenvalue weighted by molar-refractivity contribution is 5.79. The number of piperazine rings is 1. The summed E-state index contributed by atoms with van der Waals surface area (Å²) in [4.78, 5) is 15.0. The molecule has 4 rings (SSSR count). The number of aryl methyl sites for hydroxylation is 1. The van der Waals surface area contributed by atoms with E-state index in [0.717, 1.165) is 43.1 Å². The molecule has 0 radical (unpaired) electrons. The lowest BCUT2D eigenvalue weighted by Crippen LogP contribution is -2.49. The van der Waals surface area contributed by atoms with Crippen molar-refractivity contribution >= 4 is 5.91 Å². The number of carbonyl (C=O) groups excluding carboxylic acids is 1. The highest BCUT2D eigenvalue weighted by Crippen LogP contribution is 2.33. The molecule has 136 valence electrons. The average molecular weight is 352 g/mol. The normalized spacial score (nSPS) is 18.8. The first-order chi connectivity index (χ1) is 12.7. The number of fused-ring (bicyclic) bond motifs is 1. The maximum absolute atomic E-state index is 13.0. The minimum Gasteiger partial charge on any atom is -0.454 e. The fraction of sp³-hybridized carbons (Fsp3) is 0.381. The van der Waals surface area contributed by atoms with Crippen LogP contribution in [0.1, 0.15) is 29.7 Å². The van der Waals surface area contributed by atoms with Crippen LogP contribution in [-0.4, -0.2) is 37.2 Å². The van der Waals surface area contributed by atoms with Gasteiger partial charge in [-0.05, 0) is 35.2 Å². The van der Waals surface area contributed by atoms with Crippen molar-refractivity contribution in [3.8, 4) is 11.5 Å². The third kappa shape index (κ3) is 3.40. The molecule has 1 amide bonds. The van der Waals surface area contributed by atoms with Crippen LogP contribution in [0.25, 0.3) is 0 Å². The van der Waals surface area contributed by atoms with Gasteiger partial charge in [0.1, 0.15) is 0 Å². The van der Waals surface area contributed by atoms with E-state index >= 15 is 0 Å². The quantitative estimate of drug-likeness (QED) is 0.919. The molecular weight excluding hydrogens is 328 g/mol. The molecule has 5 nitrogen and oxygen atoms in total. The van der Waals surface area contributed by atoms with Crippen molar-refractivity contribution in [2.45, 2.75) is 25.8 Å². The lowest BCUT2D eigenvalue weighted by atomic mass is 10.00. The van der Waals surface area contributed by atoms with Crippen LogP contribution in [0.15, 0.2) is 42.5 Å². The molecule has 1 saturated heterocycles. The van der Waals surface area contributed by atoms with Crippen molar-refractivity contribution in [2.24, 2.45) is 0 Å². The Morgan fingerprint density at radius 1 is 1.12 bits per heavy atom. The van der Waals surface area contributed by atoms with E-state index in [0.29, 0.717) is 6.42 Å². The van der Waals surface area contributed by atoms with Crippen molar-refractivity contribution in [3.05, 3.63) is 59.2 Å². The van der Waals surface area contributed by atoms with E-state index in [9.17, 15) is 4.79 Å². The van der Waals surface area contributed by atoms with Gasteiger partial charge in [0.15, 0.2) is 11.5 Å². The molecule has 1 unspecified atom stereocenters. The minimum atomic E-state index is 0.0798. The van der Waals surface area contributed by atoms with Gasteiger partial charge < -0.3 is 19.7 Å². The summed E-state index contributed by atoms with van der Waals surface area (Å²) >= 11 is 0. The number of carbonyl (C=O) groups is 1. The first-order valence-electron chi connectivity index (χ1n) is 9.22. The Bertz CT molecular complexity index is 788. The molecule has 2 aliphatic rings. The van der Waals surface area contributed by atoms with Gasteiger partial charge in [0.05, 0.1) is 12.5 Å². The highest BCUT2D eigenvalue weighted by atomic mass is 16.7. The molecule has 1 fully saturated rings. The van der Waals surface area contributed by atoms with Gasteiger partial charge in [-0.1, -0.05) is 37.3 Å². The molecule has 2 aromatic carbocycles. The van der Waals surface area contributed by atoms with Crippen molar-refractivity contribution in [2.75, 3.05) is 26.4 Å². The zero-order chi connectivity index (χ0) is 17.9. The number of hydrogen-bond donors (Lipinski definition) is 1. The number of nitrogens with zero attached hydrogens (tertiary/aromatic N) is 1. The molecule has 5 heteroatoms. The van der Waals surface area contributed by atoms with E-state index in [2.05, 4.69) is 36.5 Å². The highest BCUT2D eigenvalue weighted by Gasteiger charge is 2.28. The van der Waals surface area contributed by atoms with Crippen LogP contribution in [0.4, 0.5) is 0 Å². The third-order valence-corrected chi connectivity index (χ3v) is 5.13. The molecule has 2 aromatic rings. The van der Waals surface area contributed by atoms with Crippen LogP contribution in [0.2, 0.25) is 0 Å². The van der Waals surface area contributed by atoms with E-state index in [-0.39, 0.29) is 18.7 Å². The van der Waals surface area contributed by atoms with E-state index < -0.39 is 0 Å². The predicted octanol–water partition coefficient (Wildman–Crippen LogP) is 2.69. The van der Waals surface area contributed by atoms with E-state index in [4.69, 9.17) is 9.47 Å². The van der Waals surface area contributed by atoms with Gasteiger partial charge in [0.2, 0.25) is 12.7 Å². The van der Waals surface area contributed by atoms with Gasteiger partial charge in [-0.3, -0.25) is 4.79 Å². The Hall–Kier alpha value is -2.53. The molecular formula is C21H24N2O3. The zero-order valence-electron chi connectivity index (χ0n) is 15.0. The molecule has 0 saturated carbocycles. The summed E-state index contributed by atoms with van der Waals surface area (Å²) in [7, 11) is 0. The largest absolute Gasteiger partial charge is 0.454 e. The van der Waals surface area contributed by atoms with Crippen LogP contribution in [0.5, 0.6) is 11.5 Å². The van der Waals surface area contributed by atoms with Crippen molar-refractivity contribution in [3.63, 3.8) is 0 Å². The number of nitrogens with one attached hydrogen (secondary N) is 1. The minimum absolute atomic E-state index is 0.0798. The van der Waals surface area contributed by atoms with E-state index in [1.54, 1.807) is 0 Å². The topological polar surface area (TPSA) is 50.8 Å². The smallest absolute Gasteiger partial charge is 0.231 e. The van der Waals surface area contributed by atoms with Crippen molar-refractivity contribution in [1.82, 2.24) is 10.2 Å². The van der Waals surface area contributed by atoms with Crippen LogP contribution >= 0.6 is 0 Å². The van der Waals surface area contributed by atoms with E-state index in [1.165, 1.54) is 11.1 Å². The first-order valence-corrected chi connectivity index (χ1v) is 9.22. The Balaban J connectivity index is 1.50. The van der Waals surface area contributed by atoms with Gasteiger partial charge in [0.25, 0.3) is 0 Å². The van der Waals surface area contributed by atoms with E-state index in [1.807, 2.05) is 23.1 Å². The second kappa shape index (κ2) is 7.38. The van der Waals surface area contributed by atoms with Gasteiger partial charge in [0, 0.05) is 19.6 Å². The van der Waals surface area contributed by atoms with Gasteiger partial charge >= 0.3 is 0 Å². The number of ether oxygens (including phenoxy) is 2. The maximum atomic E-state index is 13.0. The molecule has 0 aromatic heterocycles. The number of rotatable bonds is 4. The average Bonchev–Trinajstić information content (AvgIpc) is 3.16. The monoisotopic (exact) mass is 352 g/mol. The maximum Gasteiger partial charge on any atom is 0.231 e. The Labute approximate surface area is 153 Å². The predicted molar refractivity (Wildman–Crippen MR) is 99.4 cm³/mol.